The molecule has 1 aliphatic heterocycles. The standard InChI is InChI=1S/C20H21FN2O3/c1-13-9-14(7-8-16(13)21)11-22-20(25)15-10-19(24)23(12-15)17-5-3-4-6-18(17)26-2/h3-9,15H,10-12H2,1-2H3,(H,22,25). The van der Waals surface area contributed by atoms with Gasteiger partial charge in [0.1, 0.15) is 11.6 Å². The summed E-state index contributed by atoms with van der Waals surface area (Å²) in [7, 11) is 1.55. The second kappa shape index (κ2) is 7.56. The first-order chi connectivity index (χ1) is 12.5. The molecule has 136 valence electrons. The zero-order valence-corrected chi connectivity index (χ0v) is 14.8. The third kappa shape index (κ3) is 3.69. The maximum absolute atomic E-state index is 13.3. The van der Waals surface area contributed by atoms with Gasteiger partial charge in [0.15, 0.2) is 0 Å². The SMILES string of the molecule is COc1ccccc1N1CC(C(=O)NCc2ccc(F)c(C)c2)CC1=O. The Morgan fingerprint density at radius 2 is 2.08 bits per heavy atom. The molecule has 1 aliphatic rings. The van der Waals surface area contributed by atoms with E-state index in [0.717, 1.165) is 5.56 Å². The van der Waals surface area contributed by atoms with Crippen LogP contribution in [0.5, 0.6) is 5.75 Å². The van der Waals surface area contributed by atoms with E-state index in [1.165, 1.54) is 6.07 Å². The zero-order chi connectivity index (χ0) is 18.7. The van der Waals surface area contributed by atoms with Gasteiger partial charge in [-0.3, -0.25) is 9.59 Å². The van der Waals surface area contributed by atoms with Crippen LogP contribution in [0, 0.1) is 18.7 Å². The molecule has 2 amide bonds. The molecule has 5 nitrogen and oxygen atoms in total. The number of rotatable bonds is 5. The molecule has 0 bridgehead atoms. The highest BCUT2D eigenvalue weighted by atomic mass is 19.1. The smallest absolute Gasteiger partial charge is 0.227 e. The van der Waals surface area contributed by atoms with Gasteiger partial charge in [0, 0.05) is 19.5 Å². The molecule has 1 heterocycles. The molecule has 6 heteroatoms. The van der Waals surface area contributed by atoms with Crippen molar-refractivity contribution in [1.29, 1.82) is 0 Å². The van der Waals surface area contributed by atoms with Gasteiger partial charge in [0.05, 0.1) is 18.7 Å². The van der Waals surface area contributed by atoms with Crippen LogP contribution in [0.4, 0.5) is 10.1 Å². The summed E-state index contributed by atoms with van der Waals surface area (Å²) in [4.78, 5) is 26.4. The average molecular weight is 356 g/mol. The summed E-state index contributed by atoms with van der Waals surface area (Å²) < 4.78 is 18.6. The lowest BCUT2D eigenvalue weighted by Crippen LogP contribution is -2.32. The fourth-order valence-corrected chi connectivity index (χ4v) is 3.12. The van der Waals surface area contributed by atoms with Gasteiger partial charge in [-0.25, -0.2) is 4.39 Å². The van der Waals surface area contributed by atoms with Gasteiger partial charge in [-0.1, -0.05) is 24.3 Å². The third-order valence-electron chi connectivity index (χ3n) is 4.56. The van der Waals surface area contributed by atoms with E-state index >= 15 is 0 Å². The minimum atomic E-state index is -0.422. The van der Waals surface area contributed by atoms with Crippen molar-refractivity contribution >= 4 is 17.5 Å². The first kappa shape index (κ1) is 17.9. The maximum Gasteiger partial charge on any atom is 0.227 e. The fraction of sp³-hybridized carbons (Fsp3) is 0.300. The van der Waals surface area contributed by atoms with E-state index < -0.39 is 5.92 Å². The van der Waals surface area contributed by atoms with Gasteiger partial charge in [0.2, 0.25) is 11.8 Å². The Labute approximate surface area is 151 Å². The first-order valence-electron chi connectivity index (χ1n) is 8.45. The van der Waals surface area contributed by atoms with Crippen LogP contribution >= 0.6 is 0 Å². The molecule has 26 heavy (non-hydrogen) atoms. The molecular weight excluding hydrogens is 335 g/mol. The number of benzene rings is 2. The predicted molar refractivity (Wildman–Crippen MR) is 96.4 cm³/mol. The number of methoxy groups -OCH3 is 1. The van der Waals surface area contributed by atoms with Gasteiger partial charge < -0.3 is 15.0 Å². The van der Waals surface area contributed by atoms with E-state index in [-0.39, 0.29) is 24.1 Å². The van der Waals surface area contributed by atoms with Crippen molar-refractivity contribution < 1.29 is 18.7 Å². The molecule has 2 aromatic rings. The van der Waals surface area contributed by atoms with Crippen LogP contribution in [0.1, 0.15) is 17.5 Å². The number of hydrogen-bond acceptors (Lipinski definition) is 3. The average Bonchev–Trinajstić information content (AvgIpc) is 3.04. The van der Waals surface area contributed by atoms with Gasteiger partial charge in [0.25, 0.3) is 0 Å². The minimum absolute atomic E-state index is 0.104. The molecule has 1 N–H and O–H groups in total. The van der Waals surface area contributed by atoms with Crippen LogP contribution in [0.3, 0.4) is 0 Å². The highest BCUT2D eigenvalue weighted by Gasteiger charge is 2.36. The fourth-order valence-electron chi connectivity index (χ4n) is 3.12. The number of amides is 2. The van der Waals surface area contributed by atoms with Crippen LogP contribution in [0.2, 0.25) is 0 Å². The molecule has 0 aromatic heterocycles. The topological polar surface area (TPSA) is 58.6 Å². The minimum Gasteiger partial charge on any atom is -0.495 e. The molecular formula is C20H21FN2O3. The van der Waals surface area contributed by atoms with E-state index in [9.17, 15) is 14.0 Å². The summed E-state index contributed by atoms with van der Waals surface area (Å²) >= 11 is 0. The molecule has 1 unspecified atom stereocenters. The number of para-hydroxylation sites is 2. The summed E-state index contributed by atoms with van der Waals surface area (Å²) in [6.45, 7) is 2.30. The molecule has 0 radical (unpaired) electrons. The van der Waals surface area contributed by atoms with Crippen molar-refractivity contribution in [1.82, 2.24) is 5.32 Å². The Kier molecular flexibility index (Phi) is 5.21. The molecule has 2 aromatic carbocycles. The van der Waals surface area contributed by atoms with Crippen LogP contribution in [-0.2, 0) is 16.1 Å². The number of nitrogens with zero attached hydrogens (tertiary/aromatic N) is 1. The Hall–Kier alpha value is -2.89. The highest BCUT2D eigenvalue weighted by Crippen LogP contribution is 2.32. The van der Waals surface area contributed by atoms with E-state index in [0.29, 0.717) is 30.1 Å². The summed E-state index contributed by atoms with van der Waals surface area (Å²) in [5.74, 6) is -0.378. The van der Waals surface area contributed by atoms with Crippen molar-refractivity contribution in [2.75, 3.05) is 18.6 Å². The van der Waals surface area contributed by atoms with Gasteiger partial charge in [-0.2, -0.15) is 0 Å². The molecule has 0 aliphatic carbocycles. The lowest BCUT2D eigenvalue weighted by Gasteiger charge is -2.19. The van der Waals surface area contributed by atoms with Gasteiger partial charge >= 0.3 is 0 Å². The quantitative estimate of drug-likeness (QED) is 0.896. The van der Waals surface area contributed by atoms with Gasteiger partial charge in [-0.15, -0.1) is 0 Å². The Morgan fingerprint density at radius 3 is 2.81 bits per heavy atom. The summed E-state index contributed by atoms with van der Waals surface area (Å²) in [5.41, 5.74) is 2.03. The lowest BCUT2D eigenvalue weighted by molar-refractivity contribution is -0.126. The molecule has 1 fully saturated rings. The lowest BCUT2D eigenvalue weighted by atomic mass is 10.1. The third-order valence-corrected chi connectivity index (χ3v) is 4.56. The molecule has 0 saturated carbocycles. The van der Waals surface area contributed by atoms with Crippen LogP contribution < -0.4 is 15.0 Å². The van der Waals surface area contributed by atoms with E-state index in [4.69, 9.17) is 4.74 Å². The Morgan fingerprint density at radius 1 is 1.31 bits per heavy atom. The van der Waals surface area contributed by atoms with E-state index in [1.807, 2.05) is 12.1 Å². The summed E-state index contributed by atoms with van der Waals surface area (Å²) in [6, 6.07) is 12.0. The van der Waals surface area contributed by atoms with Crippen LogP contribution in [0.25, 0.3) is 0 Å². The van der Waals surface area contributed by atoms with E-state index in [1.54, 1.807) is 43.2 Å². The molecule has 3 rings (SSSR count). The highest BCUT2D eigenvalue weighted by molar-refractivity contribution is 6.01. The summed E-state index contributed by atoms with van der Waals surface area (Å²) in [6.07, 6.45) is 0.159. The first-order valence-corrected chi connectivity index (χ1v) is 8.45. The monoisotopic (exact) mass is 356 g/mol. The largest absolute Gasteiger partial charge is 0.495 e. The predicted octanol–water partition coefficient (Wildman–Crippen LogP) is 2.81. The Balaban J connectivity index is 1.64. The van der Waals surface area contributed by atoms with Crippen LogP contribution in [-0.4, -0.2) is 25.5 Å². The number of ether oxygens (including phenoxy) is 1. The van der Waals surface area contributed by atoms with Crippen molar-refractivity contribution in [3.8, 4) is 5.75 Å². The van der Waals surface area contributed by atoms with Crippen LogP contribution in [0.15, 0.2) is 42.5 Å². The number of aryl methyl sites for hydroxylation is 1. The Bertz CT molecular complexity index is 838. The van der Waals surface area contributed by atoms with Crippen molar-refractivity contribution in [3.05, 3.63) is 59.4 Å². The van der Waals surface area contributed by atoms with Crippen molar-refractivity contribution in [2.24, 2.45) is 5.92 Å². The number of carbonyl (C=O) groups is 2. The second-order valence-corrected chi connectivity index (χ2v) is 6.38. The number of nitrogens with one attached hydrogen (secondary N) is 1. The summed E-state index contributed by atoms with van der Waals surface area (Å²) in [5, 5.41) is 2.84. The maximum atomic E-state index is 13.3. The second-order valence-electron chi connectivity index (χ2n) is 6.38. The zero-order valence-electron chi connectivity index (χ0n) is 14.8. The van der Waals surface area contributed by atoms with Gasteiger partial charge in [-0.05, 0) is 36.2 Å². The van der Waals surface area contributed by atoms with Crippen molar-refractivity contribution in [3.63, 3.8) is 0 Å². The number of hydrogen-bond donors (Lipinski definition) is 1. The molecule has 0 spiro atoms. The number of carbonyl (C=O) groups excluding carboxylic acids is 2. The molecule has 1 saturated heterocycles. The number of anilines is 1. The normalized spacial score (nSPS) is 16.7. The van der Waals surface area contributed by atoms with Crippen molar-refractivity contribution in [2.45, 2.75) is 19.9 Å². The number of halogens is 1. The van der Waals surface area contributed by atoms with E-state index in [2.05, 4.69) is 5.32 Å². The molecule has 1 atom stereocenters.